The van der Waals surface area contributed by atoms with Gasteiger partial charge in [0.05, 0.1) is 0 Å². The molecule has 0 aliphatic carbocycles. The van der Waals surface area contributed by atoms with Crippen LogP contribution in [0.4, 0.5) is 0 Å². The highest BCUT2D eigenvalue weighted by Crippen LogP contribution is 2.28. The highest BCUT2D eigenvalue weighted by atomic mass is 35.5. The lowest BCUT2D eigenvalue weighted by molar-refractivity contribution is -0.134. The first-order valence-corrected chi connectivity index (χ1v) is 7.47. The molecule has 4 heteroatoms. The van der Waals surface area contributed by atoms with Crippen LogP contribution in [0.5, 0.6) is 0 Å². The van der Waals surface area contributed by atoms with Gasteiger partial charge < -0.3 is 10.6 Å². The number of piperidine rings is 1. The summed E-state index contributed by atoms with van der Waals surface area (Å²) < 4.78 is 0. The number of rotatable bonds is 3. The van der Waals surface area contributed by atoms with Crippen LogP contribution in [-0.4, -0.2) is 29.9 Å². The van der Waals surface area contributed by atoms with E-state index in [4.69, 9.17) is 5.73 Å². The first-order valence-electron chi connectivity index (χ1n) is 7.47. The van der Waals surface area contributed by atoms with Crippen molar-refractivity contribution >= 4 is 18.3 Å². The minimum absolute atomic E-state index is 0. The van der Waals surface area contributed by atoms with E-state index in [1.54, 1.807) is 0 Å². The standard InChI is InChI=1S/C17H26N2O.ClH/c1-13-5-4-6-14(11-13)7-8-16(20)19-10-9-15(18)17(2,3)12-19;/h4-6,11,15H,7-10,12,18H2,1-3H3;1H. The smallest absolute Gasteiger partial charge is 0.222 e. The maximum Gasteiger partial charge on any atom is 0.222 e. The van der Waals surface area contributed by atoms with Crippen LogP contribution in [0.1, 0.15) is 37.8 Å². The molecular formula is C17H27ClN2O. The second-order valence-corrected chi connectivity index (χ2v) is 6.69. The third-order valence-electron chi connectivity index (χ3n) is 4.37. The monoisotopic (exact) mass is 310 g/mol. The molecule has 1 fully saturated rings. The van der Waals surface area contributed by atoms with Gasteiger partial charge in [-0.1, -0.05) is 43.7 Å². The molecule has 0 aromatic heterocycles. The predicted octanol–water partition coefficient (Wildman–Crippen LogP) is 2.94. The molecule has 1 aliphatic heterocycles. The van der Waals surface area contributed by atoms with Gasteiger partial charge in [0.15, 0.2) is 0 Å². The molecule has 21 heavy (non-hydrogen) atoms. The van der Waals surface area contributed by atoms with Crippen molar-refractivity contribution in [3.05, 3.63) is 35.4 Å². The summed E-state index contributed by atoms with van der Waals surface area (Å²) in [4.78, 5) is 14.3. The Morgan fingerprint density at radius 1 is 1.43 bits per heavy atom. The molecule has 2 N–H and O–H groups in total. The SMILES string of the molecule is Cc1cccc(CCC(=O)N2CCC(N)C(C)(C)C2)c1.Cl. The Bertz CT molecular complexity index is 487. The highest BCUT2D eigenvalue weighted by molar-refractivity contribution is 5.85. The molecule has 1 heterocycles. The van der Waals surface area contributed by atoms with E-state index in [-0.39, 0.29) is 29.8 Å². The van der Waals surface area contributed by atoms with Crippen LogP contribution >= 0.6 is 12.4 Å². The van der Waals surface area contributed by atoms with Gasteiger partial charge in [0.1, 0.15) is 0 Å². The molecule has 3 nitrogen and oxygen atoms in total. The summed E-state index contributed by atoms with van der Waals surface area (Å²) in [7, 11) is 0. The fourth-order valence-corrected chi connectivity index (χ4v) is 2.86. The zero-order valence-electron chi connectivity index (χ0n) is 13.3. The third-order valence-corrected chi connectivity index (χ3v) is 4.37. The number of hydrogen-bond acceptors (Lipinski definition) is 2. The van der Waals surface area contributed by atoms with E-state index >= 15 is 0 Å². The number of benzene rings is 1. The zero-order chi connectivity index (χ0) is 14.8. The first kappa shape index (κ1) is 18.0. The van der Waals surface area contributed by atoms with Gasteiger partial charge in [0, 0.05) is 25.6 Å². The van der Waals surface area contributed by atoms with E-state index in [0.717, 1.165) is 25.9 Å². The number of aryl methyl sites for hydroxylation is 2. The van der Waals surface area contributed by atoms with Crippen molar-refractivity contribution in [1.29, 1.82) is 0 Å². The molecule has 0 saturated carbocycles. The van der Waals surface area contributed by atoms with Gasteiger partial charge in [-0.15, -0.1) is 12.4 Å². The Kier molecular flexibility index (Phi) is 6.24. The Hall–Kier alpha value is -1.06. The summed E-state index contributed by atoms with van der Waals surface area (Å²) >= 11 is 0. The molecule has 0 radical (unpaired) electrons. The minimum atomic E-state index is 0. The van der Waals surface area contributed by atoms with E-state index in [1.807, 2.05) is 4.90 Å². The molecular weight excluding hydrogens is 284 g/mol. The zero-order valence-corrected chi connectivity index (χ0v) is 14.1. The molecule has 1 atom stereocenters. The van der Waals surface area contributed by atoms with E-state index in [1.165, 1.54) is 11.1 Å². The van der Waals surface area contributed by atoms with Gasteiger partial charge in [-0.05, 0) is 30.7 Å². The third kappa shape index (κ3) is 4.72. The molecule has 1 aliphatic rings. The highest BCUT2D eigenvalue weighted by Gasteiger charge is 2.34. The summed E-state index contributed by atoms with van der Waals surface area (Å²) in [5.41, 5.74) is 8.64. The predicted molar refractivity (Wildman–Crippen MR) is 89.7 cm³/mol. The molecule has 1 amide bonds. The number of nitrogens with two attached hydrogens (primary N) is 1. The number of halogens is 1. The summed E-state index contributed by atoms with van der Waals surface area (Å²) in [6.45, 7) is 7.97. The molecule has 1 aromatic carbocycles. The average Bonchev–Trinajstić information content (AvgIpc) is 2.39. The van der Waals surface area contributed by atoms with Gasteiger partial charge in [-0.3, -0.25) is 4.79 Å². The second kappa shape index (κ2) is 7.28. The maximum atomic E-state index is 12.3. The Morgan fingerprint density at radius 2 is 2.14 bits per heavy atom. The van der Waals surface area contributed by atoms with Crippen molar-refractivity contribution in [2.24, 2.45) is 11.1 Å². The summed E-state index contributed by atoms with van der Waals surface area (Å²) in [6, 6.07) is 8.58. The van der Waals surface area contributed by atoms with Crippen LogP contribution in [-0.2, 0) is 11.2 Å². The van der Waals surface area contributed by atoms with Gasteiger partial charge in [-0.25, -0.2) is 0 Å². The van der Waals surface area contributed by atoms with E-state index in [2.05, 4.69) is 45.0 Å². The van der Waals surface area contributed by atoms with Crippen molar-refractivity contribution in [2.45, 2.75) is 46.1 Å². The number of amides is 1. The van der Waals surface area contributed by atoms with Crippen molar-refractivity contribution in [2.75, 3.05) is 13.1 Å². The number of hydrogen-bond donors (Lipinski definition) is 1. The van der Waals surface area contributed by atoms with E-state index < -0.39 is 0 Å². The summed E-state index contributed by atoms with van der Waals surface area (Å²) in [5.74, 6) is 0.256. The lowest BCUT2D eigenvalue weighted by Crippen LogP contribution is -2.54. The van der Waals surface area contributed by atoms with Gasteiger partial charge in [-0.2, -0.15) is 0 Å². The normalized spacial score (nSPS) is 20.8. The number of likely N-dealkylation sites (tertiary alicyclic amines) is 1. The Labute approximate surface area is 134 Å². The van der Waals surface area contributed by atoms with Crippen molar-refractivity contribution in [3.8, 4) is 0 Å². The Balaban J connectivity index is 0.00000220. The lowest BCUT2D eigenvalue weighted by Gasteiger charge is -2.42. The fraction of sp³-hybridized carbons (Fsp3) is 0.588. The number of carbonyl (C=O) groups is 1. The minimum Gasteiger partial charge on any atom is -0.342 e. The molecule has 1 unspecified atom stereocenters. The topological polar surface area (TPSA) is 46.3 Å². The maximum absolute atomic E-state index is 12.3. The van der Waals surface area contributed by atoms with Crippen LogP contribution in [0.15, 0.2) is 24.3 Å². The van der Waals surface area contributed by atoms with Crippen LogP contribution in [0.3, 0.4) is 0 Å². The van der Waals surface area contributed by atoms with Crippen LogP contribution in [0.25, 0.3) is 0 Å². The lowest BCUT2D eigenvalue weighted by atomic mass is 9.79. The fourth-order valence-electron chi connectivity index (χ4n) is 2.86. The molecule has 2 rings (SSSR count). The molecule has 0 bridgehead atoms. The molecule has 118 valence electrons. The van der Waals surface area contributed by atoms with Gasteiger partial charge in [0.25, 0.3) is 0 Å². The first-order chi connectivity index (χ1) is 9.38. The molecule has 1 aromatic rings. The van der Waals surface area contributed by atoms with E-state index in [9.17, 15) is 4.79 Å². The van der Waals surface area contributed by atoms with Crippen molar-refractivity contribution < 1.29 is 4.79 Å². The number of nitrogens with zero attached hydrogens (tertiary/aromatic N) is 1. The van der Waals surface area contributed by atoms with Crippen molar-refractivity contribution in [1.82, 2.24) is 4.90 Å². The van der Waals surface area contributed by atoms with Crippen LogP contribution in [0, 0.1) is 12.3 Å². The average molecular weight is 311 g/mol. The van der Waals surface area contributed by atoms with Crippen LogP contribution < -0.4 is 5.73 Å². The Morgan fingerprint density at radius 3 is 2.76 bits per heavy atom. The second-order valence-electron chi connectivity index (χ2n) is 6.69. The van der Waals surface area contributed by atoms with E-state index in [0.29, 0.717) is 6.42 Å². The summed E-state index contributed by atoms with van der Waals surface area (Å²) in [6.07, 6.45) is 2.32. The van der Waals surface area contributed by atoms with Gasteiger partial charge >= 0.3 is 0 Å². The quantitative estimate of drug-likeness (QED) is 0.933. The van der Waals surface area contributed by atoms with Crippen LogP contribution in [0.2, 0.25) is 0 Å². The molecule has 1 saturated heterocycles. The molecule has 0 spiro atoms. The summed E-state index contributed by atoms with van der Waals surface area (Å²) in [5, 5.41) is 0. The van der Waals surface area contributed by atoms with Gasteiger partial charge in [0.2, 0.25) is 5.91 Å². The number of carbonyl (C=O) groups excluding carboxylic acids is 1. The largest absolute Gasteiger partial charge is 0.342 e. The van der Waals surface area contributed by atoms with Crippen molar-refractivity contribution in [3.63, 3.8) is 0 Å².